The SMILES string of the molecule is C=CCNC1=C(N2CCN(CC)CC2)C(=O)c2ccccc2C1=O. The monoisotopic (exact) mass is 325 g/mol. The van der Waals surface area contributed by atoms with Gasteiger partial charge in [-0.15, -0.1) is 6.58 Å². The molecular formula is C19H23N3O2. The molecule has 2 aliphatic rings. The molecule has 0 radical (unpaired) electrons. The molecule has 1 heterocycles. The van der Waals surface area contributed by atoms with Crippen LogP contribution in [0, 0.1) is 0 Å². The fourth-order valence-corrected chi connectivity index (χ4v) is 3.29. The number of likely N-dealkylation sites (N-methyl/N-ethyl adjacent to an activating group) is 1. The van der Waals surface area contributed by atoms with Crippen LogP contribution in [0.2, 0.25) is 0 Å². The summed E-state index contributed by atoms with van der Waals surface area (Å²) < 4.78 is 0. The van der Waals surface area contributed by atoms with Crippen molar-refractivity contribution in [2.45, 2.75) is 6.92 Å². The summed E-state index contributed by atoms with van der Waals surface area (Å²) in [6.45, 7) is 10.6. The Morgan fingerprint density at radius 3 is 2.29 bits per heavy atom. The van der Waals surface area contributed by atoms with Crippen LogP contribution in [-0.2, 0) is 0 Å². The summed E-state index contributed by atoms with van der Waals surface area (Å²) in [5.74, 6) is -0.179. The van der Waals surface area contributed by atoms with Crippen LogP contribution in [0.15, 0.2) is 48.3 Å². The Kier molecular flexibility index (Phi) is 4.81. The number of carbonyl (C=O) groups is 2. The van der Waals surface area contributed by atoms with Gasteiger partial charge in [0.05, 0.1) is 0 Å². The predicted octanol–water partition coefficient (Wildman–Crippen LogP) is 1.69. The highest BCUT2D eigenvalue weighted by Crippen LogP contribution is 2.28. The Bertz CT molecular complexity index is 700. The summed E-state index contributed by atoms with van der Waals surface area (Å²) >= 11 is 0. The van der Waals surface area contributed by atoms with E-state index in [1.165, 1.54) is 0 Å². The molecule has 5 heteroatoms. The van der Waals surface area contributed by atoms with Gasteiger partial charge in [-0.3, -0.25) is 9.59 Å². The summed E-state index contributed by atoms with van der Waals surface area (Å²) in [5.41, 5.74) is 1.89. The van der Waals surface area contributed by atoms with Crippen LogP contribution in [-0.4, -0.2) is 60.6 Å². The smallest absolute Gasteiger partial charge is 0.212 e. The van der Waals surface area contributed by atoms with Gasteiger partial charge in [-0.25, -0.2) is 0 Å². The van der Waals surface area contributed by atoms with E-state index >= 15 is 0 Å². The van der Waals surface area contributed by atoms with Crippen molar-refractivity contribution in [3.05, 3.63) is 59.4 Å². The number of ketones is 2. The average molecular weight is 325 g/mol. The number of piperazine rings is 1. The maximum absolute atomic E-state index is 13.1. The molecule has 1 aliphatic heterocycles. The van der Waals surface area contributed by atoms with Crippen LogP contribution in [0.5, 0.6) is 0 Å². The summed E-state index contributed by atoms with van der Waals surface area (Å²) in [4.78, 5) is 30.3. The molecule has 3 rings (SSSR count). The molecule has 1 N–H and O–H groups in total. The van der Waals surface area contributed by atoms with Gasteiger partial charge in [0, 0.05) is 43.9 Å². The molecule has 24 heavy (non-hydrogen) atoms. The van der Waals surface area contributed by atoms with Gasteiger partial charge in [0.2, 0.25) is 11.6 Å². The van der Waals surface area contributed by atoms with Crippen LogP contribution in [0.25, 0.3) is 0 Å². The molecule has 0 bridgehead atoms. The molecule has 1 aromatic carbocycles. The van der Waals surface area contributed by atoms with Crippen molar-refractivity contribution in [1.29, 1.82) is 0 Å². The number of hydrogen-bond donors (Lipinski definition) is 1. The van der Waals surface area contributed by atoms with Gasteiger partial charge >= 0.3 is 0 Å². The zero-order chi connectivity index (χ0) is 17.1. The number of benzene rings is 1. The third-order valence-electron chi connectivity index (χ3n) is 4.65. The lowest BCUT2D eigenvalue weighted by Gasteiger charge is -2.38. The van der Waals surface area contributed by atoms with E-state index in [2.05, 4.69) is 23.7 Å². The van der Waals surface area contributed by atoms with Gasteiger partial charge in [0.15, 0.2) is 0 Å². The first-order chi connectivity index (χ1) is 11.7. The lowest BCUT2D eigenvalue weighted by Crippen LogP contribution is -2.49. The number of fused-ring (bicyclic) bond motifs is 1. The van der Waals surface area contributed by atoms with Crippen LogP contribution < -0.4 is 5.32 Å². The van der Waals surface area contributed by atoms with Crippen molar-refractivity contribution in [2.75, 3.05) is 39.3 Å². The van der Waals surface area contributed by atoms with Crippen molar-refractivity contribution in [3.63, 3.8) is 0 Å². The summed E-state index contributed by atoms with van der Waals surface area (Å²) in [5, 5.41) is 3.10. The Balaban J connectivity index is 1.99. The fraction of sp³-hybridized carbons (Fsp3) is 0.368. The van der Waals surface area contributed by atoms with E-state index in [1.54, 1.807) is 30.3 Å². The largest absolute Gasteiger partial charge is 0.377 e. The lowest BCUT2D eigenvalue weighted by atomic mass is 9.89. The molecule has 126 valence electrons. The van der Waals surface area contributed by atoms with E-state index in [1.807, 2.05) is 4.90 Å². The molecule has 1 aliphatic carbocycles. The average Bonchev–Trinajstić information content (AvgIpc) is 2.63. The zero-order valence-corrected chi connectivity index (χ0v) is 14.0. The van der Waals surface area contributed by atoms with Gasteiger partial charge in [-0.2, -0.15) is 0 Å². The van der Waals surface area contributed by atoms with Crippen LogP contribution in [0.4, 0.5) is 0 Å². The van der Waals surface area contributed by atoms with E-state index in [-0.39, 0.29) is 11.6 Å². The second kappa shape index (κ2) is 7.01. The van der Waals surface area contributed by atoms with Crippen LogP contribution in [0.3, 0.4) is 0 Å². The first kappa shape index (κ1) is 16.5. The number of hydrogen-bond acceptors (Lipinski definition) is 5. The molecule has 0 spiro atoms. The molecular weight excluding hydrogens is 302 g/mol. The Labute approximate surface area is 142 Å². The van der Waals surface area contributed by atoms with Crippen molar-refractivity contribution >= 4 is 11.6 Å². The van der Waals surface area contributed by atoms with Crippen molar-refractivity contribution in [2.24, 2.45) is 0 Å². The first-order valence-corrected chi connectivity index (χ1v) is 8.42. The molecule has 0 amide bonds. The van der Waals surface area contributed by atoms with Gasteiger partial charge in [-0.05, 0) is 6.54 Å². The zero-order valence-electron chi connectivity index (χ0n) is 14.0. The second-order valence-electron chi connectivity index (χ2n) is 6.02. The van der Waals surface area contributed by atoms with Crippen molar-refractivity contribution in [3.8, 4) is 0 Å². The molecule has 1 fully saturated rings. The molecule has 0 saturated carbocycles. The molecule has 1 aromatic rings. The summed E-state index contributed by atoms with van der Waals surface area (Å²) in [7, 11) is 0. The molecule has 5 nitrogen and oxygen atoms in total. The first-order valence-electron chi connectivity index (χ1n) is 8.42. The Morgan fingerprint density at radius 2 is 1.71 bits per heavy atom. The summed E-state index contributed by atoms with van der Waals surface area (Å²) in [6, 6.07) is 7.05. The molecule has 0 unspecified atom stereocenters. The number of carbonyl (C=O) groups excluding carboxylic acids is 2. The highest BCUT2D eigenvalue weighted by Gasteiger charge is 2.35. The number of nitrogens with zero attached hydrogens (tertiary/aromatic N) is 2. The second-order valence-corrected chi connectivity index (χ2v) is 6.02. The fourth-order valence-electron chi connectivity index (χ4n) is 3.29. The van der Waals surface area contributed by atoms with Gasteiger partial charge in [-0.1, -0.05) is 37.3 Å². The topological polar surface area (TPSA) is 52.6 Å². The molecule has 0 aromatic heterocycles. The Hall–Kier alpha value is -2.40. The molecule has 0 atom stereocenters. The number of nitrogens with one attached hydrogen (secondary N) is 1. The van der Waals surface area contributed by atoms with Crippen molar-refractivity contribution < 1.29 is 9.59 Å². The minimum Gasteiger partial charge on any atom is -0.377 e. The normalized spacial score (nSPS) is 18.6. The van der Waals surface area contributed by atoms with E-state index < -0.39 is 0 Å². The van der Waals surface area contributed by atoms with E-state index in [0.29, 0.717) is 29.1 Å². The van der Waals surface area contributed by atoms with Gasteiger partial charge in [0.1, 0.15) is 11.4 Å². The quantitative estimate of drug-likeness (QED) is 0.835. The third-order valence-corrected chi connectivity index (χ3v) is 4.65. The minimum atomic E-state index is -0.111. The predicted molar refractivity (Wildman–Crippen MR) is 94.0 cm³/mol. The summed E-state index contributed by atoms with van der Waals surface area (Å²) in [6.07, 6.45) is 1.69. The maximum atomic E-state index is 13.1. The standard InChI is InChI=1S/C19H23N3O2/c1-3-9-20-16-17(22-12-10-21(4-2)11-13-22)19(24)15-8-6-5-7-14(15)18(16)23/h3,5-8,20H,1,4,9-13H2,2H3. The number of rotatable bonds is 5. The lowest BCUT2D eigenvalue weighted by molar-refractivity contribution is 0.0902. The van der Waals surface area contributed by atoms with Gasteiger partial charge in [0.25, 0.3) is 0 Å². The number of allylic oxidation sites excluding steroid dienone is 2. The van der Waals surface area contributed by atoms with E-state index in [4.69, 9.17) is 0 Å². The van der Waals surface area contributed by atoms with Crippen molar-refractivity contribution in [1.82, 2.24) is 15.1 Å². The molecule has 1 saturated heterocycles. The number of Topliss-reactive ketones (excluding diaryl/α,β-unsaturated/α-hetero) is 2. The highest BCUT2D eigenvalue weighted by molar-refractivity contribution is 6.26. The van der Waals surface area contributed by atoms with Crippen LogP contribution >= 0.6 is 0 Å². The van der Waals surface area contributed by atoms with Crippen LogP contribution in [0.1, 0.15) is 27.6 Å². The van der Waals surface area contributed by atoms with Gasteiger partial charge < -0.3 is 15.1 Å². The Morgan fingerprint density at radius 1 is 1.08 bits per heavy atom. The van der Waals surface area contributed by atoms with E-state index in [0.717, 1.165) is 32.7 Å². The third kappa shape index (κ3) is 2.87. The minimum absolute atomic E-state index is 0.0679. The van der Waals surface area contributed by atoms with E-state index in [9.17, 15) is 9.59 Å². The maximum Gasteiger partial charge on any atom is 0.212 e. The highest BCUT2D eigenvalue weighted by atomic mass is 16.1.